The maximum atomic E-state index is 13.5. The fraction of sp³-hybridized carbons (Fsp3) is 0.310. The molecule has 3 aromatic rings. The molecule has 2 amide bonds. The molecule has 1 aliphatic heterocycles. The van der Waals surface area contributed by atoms with Crippen molar-refractivity contribution in [3.63, 3.8) is 0 Å². The summed E-state index contributed by atoms with van der Waals surface area (Å²) in [4.78, 5) is 28.1. The highest BCUT2D eigenvalue weighted by molar-refractivity contribution is 5.88. The number of carbonyl (C=O) groups excluding carboxylic acids is 2. The normalized spacial score (nSPS) is 18.1. The number of carbonyl (C=O) groups is 2. The Morgan fingerprint density at radius 2 is 1.54 bits per heavy atom. The molecule has 0 radical (unpaired) electrons. The van der Waals surface area contributed by atoms with E-state index in [1.165, 1.54) is 0 Å². The highest BCUT2D eigenvalue weighted by Gasteiger charge is 2.52. The molecule has 0 aromatic heterocycles. The van der Waals surface area contributed by atoms with Crippen molar-refractivity contribution in [2.45, 2.75) is 39.1 Å². The van der Waals surface area contributed by atoms with Crippen LogP contribution in [0.1, 0.15) is 36.6 Å². The summed E-state index contributed by atoms with van der Waals surface area (Å²) in [6.45, 7) is 4.71. The third-order valence-electron chi connectivity index (χ3n) is 6.50. The van der Waals surface area contributed by atoms with Crippen LogP contribution in [0.25, 0.3) is 0 Å². The number of amides is 2. The Morgan fingerprint density at radius 3 is 2.14 bits per heavy atom. The maximum Gasteiger partial charge on any atom is 0.407 e. The van der Waals surface area contributed by atoms with E-state index < -0.39 is 6.09 Å². The zero-order valence-corrected chi connectivity index (χ0v) is 20.4. The maximum absolute atomic E-state index is 13.5. The standard InChI is InChI=1S/C29H32N2O4/c1-20(2)26(30-29(33)35-19-22-10-6-4-7-11-22)25-27(23-12-8-5-9-13-23)31(28(25)32)18-21-14-16-24(34-3)17-15-21/h4-17,20,25-27H,18-19H2,1-3H3,(H,30,33)/t25-,26+,27-/m1/s1. The van der Waals surface area contributed by atoms with Gasteiger partial charge < -0.3 is 19.7 Å². The predicted molar refractivity (Wildman–Crippen MR) is 135 cm³/mol. The predicted octanol–water partition coefficient (Wildman–Crippen LogP) is 5.35. The van der Waals surface area contributed by atoms with Gasteiger partial charge in [0.2, 0.25) is 5.91 Å². The van der Waals surface area contributed by atoms with Gasteiger partial charge in [-0.2, -0.15) is 0 Å². The van der Waals surface area contributed by atoms with E-state index in [2.05, 4.69) is 5.32 Å². The van der Waals surface area contributed by atoms with Gasteiger partial charge in [-0.05, 0) is 34.7 Å². The van der Waals surface area contributed by atoms with Crippen molar-refractivity contribution >= 4 is 12.0 Å². The molecule has 1 saturated heterocycles. The van der Waals surface area contributed by atoms with Gasteiger partial charge in [0.15, 0.2) is 0 Å². The summed E-state index contributed by atoms with van der Waals surface area (Å²) < 4.78 is 10.7. The third kappa shape index (κ3) is 5.65. The van der Waals surface area contributed by atoms with E-state index in [0.29, 0.717) is 6.54 Å². The summed E-state index contributed by atoms with van der Waals surface area (Å²) in [6, 6.07) is 26.8. The monoisotopic (exact) mass is 472 g/mol. The van der Waals surface area contributed by atoms with Crippen molar-refractivity contribution < 1.29 is 19.1 Å². The summed E-state index contributed by atoms with van der Waals surface area (Å²) in [6.07, 6.45) is -0.513. The highest BCUT2D eigenvalue weighted by atomic mass is 16.5. The van der Waals surface area contributed by atoms with Crippen LogP contribution in [0.2, 0.25) is 0 Å². The molecule has 0 spiro atoms. The second-order valence-electron chi connectivity index (χ2n) is 9.17. The van der Waals surface area contributed by atoms with Crippen LogP contribution in [0, 0.1) is 11.8 Å². The van der Waals surface area contributed by atoms with E-state index in [0.717, 1.165) is 22.4 Å². The molecule has 6 nitrogen and oxygen atoms in total. The van der Waals surface area contributed by atoms with Crippen molar-refractivity contribution in [3.8, 4) is 5.75 Å². The first-order valence-electron chi connectivity index (χ1n) is 11.9. The Balaban J connectivity index is 1.51. The first-order chi connectivity index (χ1) is 17.0. The Hall–Kier alpha value is -3.80. The van der Waals surface area contributed by atoms with Gasteiger partial charge in [-0.25, -0.2) is 4.79 Å². The molecular weight excluding hydrogens is 440 g/mol. The van der Waals surface area contributed by atoms with Crippen LogP contribution in [-0.2, 0) is 22.7 Å². The Labute approximate surface area is 206 Å². The molecule has 0 saturated carbocycles. The Morgan fingerprint density at radius 1 is 0.914 bits per heavy atom. The number of nitrogens with one attached hydrogen (secondary N) is 1. The fourth-order valence-electron chi connectivity index (χ4n) is 4.64. The molecule has 3 atom stereocenters. The van der Waals surface area contributed by atoms with Crippen LogP contribution in [0.15, 0.2) is 84.9 Å². The average molecular weight is 473 g/mol. The summed E-state index contributed by atoms with van der Waals surface area (Å²) in [5, 5.41) is 2.99. The summed E-state index contributed by atoms with van der Waals surface area (Å²) >= 11 is 0. The second-order valence-corrected chi connectivity index (χ2v) is 9.17. The summed E-state index contributed by atoms with van der Waals surface area (Å²) in [5.41, 5.74) is 2.99. The Bertz CT molecular complexity index is 1120. The van der Waals surface area contributed by atoms with Crippen molar-refractivity contribution in [1.82, 2.24) is 10.2 Å². The van der Waals surface area contributed by atoms with Gasteiger partial charge in [-0.3, -0.25) is 4.79 Å². The minimum Gasteiger partial charge on any atom is -0.497 e. The number of likely N-dealkylation sites (tertiary alicyclic amines) is 1. The largest absolute Gasteiger partial charge is 0.497 e. The number of hydrogen-bond donors (Lipinski definition) is 1. The number of nitrogens with zero attached hydrogens (tertiary/aromatic N) is 1. The molecule has 1 fully saturated rings. The second kappa shape index (κ2) is 11.1. The van der Waals surface area contributed by atoms with Crippen molar-refractivity contribution in [2.24, 2.45) is 11.8 Å². The molecule has 182 valence electrons. The van der Waals surface area contributed by atoms with Gasteiger partial charge in [-0.1, -0.05) is 86.6 Å². The molecule has 35 heavy (non-hydrogen) atoms. The molecule has 4 rings (SSSR count). The minimum atomic E-state index is -0.513. The van der Waals surface area contributed by atoms with Gasteiger partial charge in [0.05, 0.1) is 19.1 Å². The number of benzene rings is 3. The van der Waals surface area contributed by atoms with Crippen LogP contribution in [0.5, 0.6) is 5.75 Å². The van der Waals surface area contributed by atoms with E-state index in [4.69, 9.17) is 9.47 Å². The van der Waals surface area contributed by atoms with E-state index in [1.807, 2.05) is 104 Å². The van der Waals surface area contributed by atoms with Crippen molar-refractivity contribution in [3.05, 3.63) is 102 Å². The van der Waals surface area contributed by atoms with E-state index in [9.17, 15) is 9.59 Å². The lowest BCUT2D eigenvalue weighted by Gasteiger charge is -2.51. The molecule has 1 N–H and O–H groups in total. The fourth-order valence-corrected chi connectivity index (χ4v) is 4.64. The van der Waals surface area contributed by atoms with Gasteiger partial charge in [0.1, 0.15) is 12.4 Å². The summed E-state index contributed by atoms with van der Waals surface area (Å²) in [5.74, 6) is 0.471. The minimum absolute atomic E-state index is 0.0248. The number of ether oxygens (including phenoxy) is 2. The number of hydrogen-bond acceptors (Lipinski definition) is 4. The topological polar surface area (TPSA) is 67.9 Å². The number of methoxy groups -OCH3 is 1. The molecule has 0 aliphatic carbocycles. The third-order valence-corrected chi connectivity index (χ3v) is 6.50. The zero-order valence-electron chi connectivity index (χ0n) is 20.4. The van der Waals surface area contributed by atoms with Crippen molar-refractivity contribution in [1.29, 1.82) is 0 Å². The molecule has 1 aliphatic rings. The Kier molecular flexibility index (Phi) is 7.70. The van der Waals surface area contributed by atoms with Crippen LogP contribution in [0.3, 0.4) is 0 Å². The number of rotatable bonds is 9. The zero-order chi connectivity index (χ0) is 24.8. The number of β-lactam (4-membered cyclic amide) rings is 1. The van der Waals surface area contributed by atoms with Gasteiger partial charge in [-0.15, -0.1) is 0 Å². The van der Waals surface area contributed by atoms with E-state index in [-0.39, 0.29) is 36.4 Å². The van der Waals surface area contributed by atoms with Gasteiger partial charge in [0.25, 0.3) is 0 Å². The number of alkyl carbamates (subject to hydrolysis) is 1. The lowest BCUT2D eigenvalue weighted by atomic mass is 9.74. The summed E-state index contributed by atoms with van der Waals surface area (Å²) in [7, 11) is 1.63. The SMILES string of the molecule is COc1ccc(CN2C(=O)[C@H]([C@@H](NC(=O)OCc3ccccc3)C(C)C)[C@H]2c2ccccc2)cc1. The van der Waals surface area contributed by atoms with Crippen molar-refractivity contribution in [2.75, 3.05) is 7.11 Å². The van der Waals surface area contributed by atoms with Crippen LogP contribution >= 0.6 is 0 Å². The van der Waals surface area contributed by atoms with Gasteiger partial charge >= 0.3 is 6.09 Å². The quantitative estimate of drug-likeness (QED) is 0.427. The lowest BCUT2D eigenvalue weighted by molar-refractivity contribution is -0.161. The first-order valence-corrected chi connectivity index (χ1v) is 11.9. The molecule has 0 bridgehead atoms. The molecule has 3 aromatic carbocycles. The lowest BCUT2D eigenvalue weighted by Crippen LogP contribution is -2.63. The smallest absolute Gasteiger partial charge is 0.407 e. The molecule has 6 heteroatoms. The van der Waals surface area contributed by atoms with Crippen LogP contribution < -0.4 is 10.1 Å². The molecule has 1 heterocycles. The first kappa shape index (κ1) is 24.3. The molecule has 0 unspecified atom stereocenters. The van der Waals surface area contributed by atoms with Crippen LogP contribution in [-0.4, -0.2) is 30.1 Å². The average Bonchev–Trinajstić information content (AvgIpc) is 2.89. The van der Waals surface area contributed by atoms with Gasteiger partial charge in [0, 0.05) is 12.6 Å². The van der Waals surface area contributed by atoms with E-state index >= 15 is 0 Å². The van der Waals surface area contributed by atoms with Crippen LogP contribution in [0.4, 0.5) is 4.79 Å². The molecular formula is C29H32N2O4. The highest BCUT2D eigenvalue weighted by Crippen LogP contribution is 2.44. The van der Waals surface area contributed by atoms with E-state index in [1.54, 1.807) is 7.11 Å².